The number of aliphatic imine (C=N–C) groups is 1. The molecular formula is C22H29F2N5O2. The minimum atomic E-state index is -2.85. The van der Waals surface area contributed by atoms with E-state index in [2.05, 4.69) is 32.3 Å². The number of hydrogen-bond acceptors (Lipinski definition) is 5. The molecule has 168 valence electrons. The lowest BCUT2D eigenvalue weighted by Gasteiger charge is -2.22. The fraction of sp³-hybridized carbons (Fsp3) is 0.455. The molecule has 1 unspecified atom stereocenters. The predicted molar refractivity (Wildman–Crippen MR) is 117 cm³/mol. The molecule has 0 spiro atoms. The van der Waals surface area contributed by atoms with Gasteiger partial charge in [0.1, 0.15) is 5.75 Å². The molecule has 3 rings (SSSR count). The largest absolute Gasteiger partial charge is 0.477 e. The average Bonchev–Trinajstić information content (AvgIpc) is 3.24. The number of anilines is 1. The third-order valence-corrected chi connectivity index (χ3v) is 4.91. The topological polar surface area (TPSA) is 71.0 Å². The second-order valence-corrected chi connectivity index (χ2v) is 7.16. The van der Waals surface area contributed by atoms with Gasteiger partial charge >= 0.3 is 6.61 Å². The number of benzene rings is 1. The molecule has 7 nitrogen and oxygen atoms in total. The van der Waals surface area contributed by atoms with E-state index in [0.29, 0.717) is 37.2 Å². The van der Waals surface area contributed by atoms with Crippen LogP contribution in [0.2, 0.25) is 0 Å². The zero-order chi connectivity index (χ0) is 22.1. The Balaban J connectivity index is 1.56. The first-order valence-corrected chi connectivity index (χ1v) is 10.4. The van der Waals surface area contributed by atoms with E-state index in [9.17, 15) is 8.78 Å². The van der Waals surface area contributed by atoms with E-state index in [0.717, 1.165) is 24.9 Å². The van der Waals surface area contributed by atoms with Gasteiger partial charge in [-0.15, -0.1) is 0 Å². The second-order valence-electron chi connectivity index (χ2n) is 7.16. The molecule has 1 atom stereocenters. The molecule has 0 aliphatic carbocycles. The van der Waals surface area contributed by atoms with Crippen LogP contribution in [-0.4, -0.2) is 50.3 Å². The molecule has 1 saturated heterocycles. The number of halogens is 2. The molecule has 1 aromatic heterocycles. The van der Waals surface area contributed by atoms with Crippen molar-refractivity contribution in [3.8, 4) is 11.6 Å². The van der Waals surface area contributed by atoms with Crippen LogP contribution < -0.4 is 25.0 Å². The maximum atomic E-state index is 12.7. The van der Waals surface area contributed by atoms with Gasteiger partial charge in [0.15, 0.2) is 5.96 Å². The number of aromatic nitrogens is 1. The van der Waals surface area contributed by atoms with E-state index in [4.69, 9.17) is 4.74 Å². The molecule has 1 aliphatic heterocycles. The third-order valence-electron chi connectivity index (χ3n) is 4.91. The van der Waals surface area contributed by atoms with Crippen molar-refractivity contribution < 1.29 is 18.3 Å². The van der Waals surface area contributed by atoms with E-state index in [1.54, 1.807) is 31.4 Å². The van der Waals surface area contributed by atoms with Crippen LogP contribution in [-0.2, 0) is 6.54 Å². The first-order chi connectivity index (χ1) is 15.1. The summed E-state index contributed by atoms with van der Waals surface area (Å²) in [7, 11) is 1.71. The fourth-order valence-electron chi connectivity index (χ4n) is 3.47. The van der Waals surface area contributed by atoms with Crippen LogP contribution in [0.5, 0.6) is 11.6 Å². The van der Waals surface area contributed by atoms with E-state index < -0.39 is 6.61 Å². The Bertz CT molecular complexity index is 865. The van der Waals surface area contributed by atoms with E-state index in [-0.39, 0.29) is 11.8 Å². The lowest BCUT2D eigenvalue weighted by atomic mass is 10.2. The van der Waals surface area contributed by atoms with Crippen LogP contribution >= 0.6 is 0 Å². The normalized spacial score (nSPS) is 16.5. The Morgan fingerprint density at radius 2 is 2.13 bits per heavy atom. The fourth-order valence-corrected chi connectivity index (χ4v) is 3.47. The summed E-state index contributed by atoms with van der Waals surface area (Å²) < 4.78 is 35.8. The molecule has 0 saturated carbocycles. The number of ether oxygens (including phenoxy) is 2. The van der Waals surface area contributed by atoms with E-state index in [1.165, 1.54) is 0 Å². The van der Waals surface area contributed by atoms with Gasteiger partial charge < -0.3 is 25.0 Å². The number of hydrogen-bond donors (Lipinski definition) is 2. The van der Waals surface area contributed by atoms with Crippen molar-refractivity contribution in [1.29, 1.82) is 0 Å². The van der Waals surface area contributed by atoms with Crippen LogP contribution in [0.15, 0.2) is 47.6 Å². The van der Waals surface area contributed by atoms with Crippen molar-refractivity contribution in [3.05, 3.63) is 48.2 Å². The van der Waals surface area contributed by atoms with Crippen LogP contribution in [0, 0.1) is 0 Å². The summed E-state index contributed by atoms with van der Waals surface area (Å²) in [4.78, 5) is 10.6. The van der Waals surface area contributed by atoms with Crippen LogP contribution in [0.1, 0.15) is 25.3 Å². The van der Waals surface area contributed by atoms with Crippen molar-refractivity contribution in [2.24, 2.45) is 4.99 Å². The lowest BCUT2D eigenvalue weighted by molar-refractivity contribution is -0.0495. The van der Waals surface area contributed by atoms with Crippen LogP contribution in [0.25, 0.3) is 0 Å². The van der Waals surface area contributed by atoms with Crippen LogP contribution in [0.3, 0.4) is 0 Å². The van der Waals surface area contributed by atoms with Gasteiger partial charge in [0, 0.05) is 44.5 Å². The Hall–Kier alpha value is -3.10. The number of pyridine rings is 1. The molecule has 9 heteroatoms. The van der Waals surface area contributed by atoms with Crippen LogP contribution in [0.4, 0.5) is 14.5 Å². The van der Waals surface area contributed by atoms with Gasteiger partial charge in [-0.05, 0) is 31.0 Å². The van der Waals surface area contributed by atoms with Gasteiger partial charge in [-0.2, -0.15) is 8.78 Å². The summed E-state index contributed by atoms with van der Waals surface area (Å²) in [6.07, 6.45) is 3.47. The minimum absolute atomic E-state index is 0.121. The number of alkyl halides is 2. The van der Waals surface area contributed by atoms with Crippen molar-refractivity contribution in [3.63, 3.8) is 0 Å². The van der Waals surface area contributed by atoms with Gasteiger partial charge in [0.2, 0.25) is 5.88 Å². The summed E-state index contributed by atoms with van der Waals surface area (Å²) in [5.41, 5.74) is 1.62. The summed E-state index contributed by atoms with van der Waals surface area (Å²) in [6, 6.07) is 10.8. The highest BCUT2D eigenvalue weighted by molar-refractivity contribution is 5.80. The Labute approximate surface area is 181 Å². The summed E-state index contributed by atoms with van der Waals surface area (Å²) >= 11 is 0. The van der Waals surface area contributed by atoms with Gasteiger partial charge in [-0.1, -0.05) is 25.1 Å². The Kier molecular flexibility index (Phi) is 8.26. The van der Waals surface area contributed by atoms with Gasteiger partial charge in [0.05, 0.1) is 12.3 Å². The molecule has 0 radical (unpaired) electrons. The van der Waals surface area contributed by atoms with Gasteiger partial charge in [0.25, 0.3) is 0 Å². The van der Waals surface area contributed by atoms with Crippen molar-refractivity contribution in [2.45, 2.75) is 39.0 Å². The quantitative estimate of drug-likeness (QED) is 0.467. The highest BCUT2D eigenvalue weighted by atomic mass is 19.3. The summed E-state index contributed by atoms with van der Waals surface area (Å²) in [5.74, 6) is 1.47. The number of rotatable bonds is 9. The zero-order valence-electron chi connectivity index (χ0n) is 17.9. The Morgan fingerprint density at radius 3 is 2.90 bits per heavy atom. The highest BCUT2D eigenvalue weighted by Gasteiger charge is 2.26. The van der Waals surface area contributed by atoms with E-state index in [1.807, 2.05) is 23.1 Å². The summed E-state index contributed by atoms with van der Waals surface area (Å²) in [6.45, 7) is 1.73. The Morgan fingerprint density at radius 1 is 1.29 bits per heavy atom. The summed E-state index contributed by atoms with van der Waals surface area (Å²) in [5, 5.41) is 6.70. The molecule has 1 aromatic carbocycles. The van der Waals surface area contributed by atoms with E-state index >= 15 is 0 Å². The molecule has 0 bridgehead atoms. The molecule has 2 heterocycles. The smallest absolute Gasteiger partial charge is 0.387 e. The number of nitrogens with zero attached hydrogens (tertiary/aromatic N) is 3. The van der Waals surface area contributed by atoms with Crippen molar-refractivity contribution >= 4 is 11.6 Å². The molecular weight excluding hydrogens is 404 g/mol. The number of para-hydroxylation sites is 2. The average molecular weight is 434 g/mol. The standard InChI is InChI=1S/C22H29F2N5O2/c1-3-13-30-20-16(7-6-11-26-20)14-27-22(25-2)28-17-10-12-29(15-17)18-8-4-5-9-19(18)31-21(23)24/h4-9,11,17,21H,3,10,12-15H2,1-2H3,(H2,25,27,28). The third kappa shape index (κ3) is 6.44. The second kappa shape index (κ2) is 11.3. The lowest BCUT2D eigenvalue weighted by Crippen LogP contribution is -2.44. The molecule has 2 N–H and O–H groups in total. The SMILES string of the molecule is CCCOc1ncccc1CNC(=NC)NC1CCN(c2ccccc2OC(F)F)C1. The minimum Gasteiger partial charge on any atom is -0.477 e. The molecule has 2 aromatic rings. The molecule has 31 heavy (non-hydrogen) atoms. The molecule has 1 aliphatic rings. The monoisotopic (exact) mass is 433 g/mol. The highest BCUT2D eigenvalue weighted by Crippen LogP contribution is 2.31. The van der Waals surface area contributed by atoms with Gasteiger partial charge in [-0.3, -0.25) is 4.99 Å². The first kappa shape index (κ1) is 22.6. The van der Waals surface area contributed by atoms with Gasteiger partial charge in [-0.25, -0.2) is 4.98 Å². The van der Waals surface area contributed by atoms with Crippen molar-refractivity contribution in [1.82, 2.24) is 15.6 Å². The van der Waals surface area contributed by atoms with Crippen molar-refractivity contribution in [2.75, 3.05) is 31.6 Å². The predicted octanol–water partition coefficient (Wildman–Crippen LogP) is 3.42. The zero-order valence-corrected chi connectivity index (χ0v) is 17.9. The number of guanidine groups is 1. The maximum Gasteiger partial charge on any atom is 0.387 e. The maximum absolute atomic E-state index is 12.7. The molecule has 0 amide bonds. The molecule has 1 fully saturated rings. The first-order valence-electron chi connectivity index (χ1n) is 10.4. The number of nitrogens with one attached hydrogen (secondary N) is 2.